The third kappa shape index (κ3) is 5.03. The zero-order valence-corrected chi connectivity index (χ0v) is 11.8. The fourth-order valence-corrected chi connectivity index (χ4v) is 2.14. The molecule has 1 aromatic rings. The first-order valence-electron chi connectivity index (χ1n) is 7.08. The smallest absolute Gasteiger partial charge is 0.218 e. The summed E-state index contributed by atoms with van der Waals surface area (Å²) in [6.07, 6.45) is 6.72. The molecular weight excluding hydrogens is 242 g/mol. The maximum Gasteiger partial charge on any atom is 0.218 e. The van der Waals surface area contributed by atoms with Gasteiger partial charge in [0.1, 0.15) is 12.1 Å². The van der Waals surface area contributed by atoms with E-state index in [1.807, 2.05) is 19.9 Å². The van der Waals surface area contributed by atoms with Crippen molar-refractivity contribution in [2.45, 2.75) is 51.7 Å². The molecule has 1 aliphatic heterocycles. The SMILES string of the molecule is CC(C)Oc1cc(NCCC2CCCCO2)ncn1. The Bertz CT molecular complexity index is 379. The average molecular weight is 265 g/mol. The number of hydrogen-bond donors (Lipinski definition) is 1. The van der Waals surface area contributed by atoms with Crippen LogP contribution in [0.2, 0.25) is 0 Å². The molecular formula is C14H23N3O2. The Morgan fingerprint density at radius 1 is 1.42 bits per heavy atom. The van der Waals surface area contributed by atoms with Crippen LogP contribution in [0.4, 0.5) is 5.82 Å². The second kappa shape index (κ2) is 7.28. The quantitative estimate of drug-likeness (QED) is 0.857. The van der Waals surface area contributed by atoms with E-state index < -0.39 is 0 Å². The van der Waals surface area contributed by atoms with Gasteiger partial charge in [-0.1, -0.05) is 0 Å². The molecule has 1 aliphatic rings. The summed E-state index contributed by atoms with van der Waals surface area (Å²) in [5.41, 5.74) is 0. The lowest BCUT2D eigenvalue weighted by Crippen LogP contribution is -2.22. The number of rotatable bonds is 6. The van der Waals surface area contributed by atoms with E-state index >= 15 is 0 Å². The molecule has 1 atom stereocenters. The van der Waals surface area contributed by atoms with Crippen molar-refractivity contribution in [3.05, 3.63) is 12.4 Å². The largest absolute Gasteiger partial charge is 0.475 e. The van der Waals surface area contributed by atoms with E-state index in [-0.39, 0.29) is 6.10 Å². The summed E-state index contributed by atoms with van der Waals surface area (Å²) >= 11 is 0. The van der Waals surface area contributed by atoms with Crippen LogP contribution in [0.3, 0.4) is 0 Å². The third-order valence-electron chi connectivity index (χ3n) is 3.04. The molecule has 0 bridgehead atoms. The van der Waals surface area contributed by atoms with Crippen LogP contribution in [0.1, 0.15) is 39.5 Å². The summed E-state index contributed by atoms with van der Waals surface area (Å²) in [5, 5.41) is 3.29. The van der Waals surface area contributed by atoms with Crippen LogP contribution in [-0.2, 0) is 4.74 Å². The van der Waals surface area contributed by atoms with Gasteiger partial charge in [0.15, 0.2) is 0 Å². The Kier molecular flexibility index (Phi) is 5.39. The van der Waals surface area contributed by atoms with E-state index in [4.69, 9.17) is 9.47 Å². The molecule has 5 heteroatoms. The van der Waals surface area contributed by atoms with Crippen LogP contribution in [0.5, 0.6) is 5.88 Å². The lowest BCUT2D eigenvalue weighted by Gasteiger charge is -2.22. The van der Waals surface area contributed by atoms with Crippen LogP contribution < -0.4 is 10.1 Å². The number of hydrogen-bond acceptors (Lipinski definition) is 5. The van der Waals surface area contributed by atoms with Crippen molar-refractivity contribution in [3.8, 4) is 5.88 Å². The van der Waals surface area contributed by atoms with Gasteiger partial charge in [-0.15, -0.1) is 0 Å². The number of nitrogens with zero attached hydrogens (tertiary/aromatic N) is 2. The Balaban J connectivity index is 1.75. The highest BCUT2D eigenvalue weighted by Crippen LogP contribution is 2.16. The summed E-state index contributed by atoms with van der Waals surface area (Å²) < 4.78 is 11.2. The summed E-state index contributed by atoms with van der Waals surface area (Å²) in [5.74, 6) is 1.42. The maximum absolute atomic E-state index is 5.69. The van der Waals surface area contributed by atoms with Gasteiger partial charge in [0.25, 0.3) is 0 Å². The topological polar surface area (TPSA) is 56.3 Å². The molecule has 0 saturated carbocycles. The van der Waals surface area contributed by atoms with Crippen LogP contribution >= 0.6 is 0 Å². The molecule has 0 aliphatic carbocycles. The standard InChI is InChI=1S/C14H23N3O2/c1-11(2)19-14-9-13(16-10-17-14)15-7-6-12-5-3-4-8-18-12/h9-12H,3-8H2,1-2H3,(H,15,16,17). The molecule has 0 spiro atoms. The molecule has 1 saturated heterocycles. The third-order valence-corrected chi connectivity index (χ3v) is 3.04. The molecule has 2 rings (SSSR count). The molecule has 106 valence electrons. The number of anilines is 1. The molecule has 1 N–H and O–H groups in total. The second-order valence-corrected chi connectivity index (χ2v) is 5.11. The van der Waals surface area contributed by atoms with E-state index in [9.17, 15) is 0 Å². The van der Waals surface area contributed by atoms with Gasteiger partial charge < -0.3 is 14.8 Å². The highest BCUT2D eigenvalue weighted by molar-refractivity contribution is 5.36. The first-order valence-corrected chi connectivity index (χ1v) is 7.08. The van der Waals surface area contributed by atoms with E-state index in [1.165, 1.54) is 25.6 Å². The van der Waals surface area contributed by atoms with Gasteiger partial charge in [-0.05, 0) is 39.5 Å². The summed E-state index contributed by atoms with van der Waals surface area (Å²) in [6, 6.07) is 1.84. The molecule has 0 radical (unpaired) electrons. The highest BCUT2D eigenvalue weighted by Gasteiger charge is 2.13. The number of aromatic nitrogens is 2. The zero-order chi connectivity index (χ0) is 13.5. The van der Waals surface area contributed by atoms with Gasteiger partial charge in [0, 0.05) is 19.2 Å². The van der Waals surface area contributed by atoms with Crippen molar-refractivity contribution < 1.29 is 9.47 Å². The first-order chi connectivity index (χ1) is 9.24. The van der Waals surface area contributed by atoms with Crippen LogP contribution in [0.25, 0.3) is 0 Å². The van der Waals surface area contributed by atoms with Gasteiger partial charge in [-0.25, -0.2) is 9.97 Å². The fourth-order valence-electron chi connectivity index (χ4n) is 2.14. The normalized spacial score (nSPS) is 19.4. The minimum Gasteiger partial charge on any atom is -0.475 e. The summed E-state index contributed by atoms with van der Waals surface area (Å²) in [6.45, 7) is 5.73. The van der Waals surface area contributed by atoms with Crippen molar-refractivity contribution in [3.63, 3.8) is 0 Å². The molecule has 19 heavy (non-hydrogen) atoms. The fraction of sp³-hybridized carbons (Fsp3) is 0.714. The predicted octanol–water partition coefficient (Wildman–Crippen LogP) is 2.63. The Labute approximate surface area is 114 Å². The second-order valence-electron chi connectivity index (χ2n) is 5.11. The lowest BCUT2D eigenvalue weighted by atomic mass is 10.1. The molecule has 2 heterocycles. The highest BCUT2D eigenvalue weighted by atomic mass is 16.5. The van der Waals surface area contributed by atoms with Crippen molar-refractivity contribution in [2.24, 2.45) is 0 Å². The molecule has 1 aromatic heterocycles. The molecule has 0 aromatic carbocycles. The summed E-state index contributed by atoms with van der Waals surface area (Å²) in [4.78, 5) is 8.27. The molecule has 0 amide bonds. The average Bonchev–Trinajstić information content (AvgIpc) is 2.40. The van der Waals surface area contributed by atoms with E-state index in [1.54, 1.807) is 0 Å². The minimum absolute atomic E-state index is 0.124. The predicted molar refractivity (Wildman–Crippen MR) is 74.5 cm³/mol. The summed E-state index contributed by atoms with van der Waals surface area (Å²) in [7, 11) is 0. The molecule has 1 fully saturated rings. The van der Waals surface area contributed by atoms with Gasteiger partial charge in [0.2, 0.25) is 5.88 Å². The Hall–Kier alpha value is -1.36. The van der Waals surface area contributed by atoms with Crippen LogP contribution in [0.15, 0.2) is 12.4 Å². The van der Waals surface area contributed by atoms with Gasteiger partial charge in [0.05, 0.1) is 12.2 Å². The van der Waals surface area contributed by atoms with Gasteiger partial charge >= 0.3 is 0 Å². The van der Waals surface area contributed by atoms with Crippen molar-refractivity contribution >= 4 is 5.82 Å². The Morgan fingerprint density at radius 3 is 3.05 bits per heavy atom. The van der Waals surface area contributed by atoms with Crippen LogP contribution in [0, 0.1) is 0 Å². The number of ether oxygens (including phenoxy) is 2. The van der Waals surface area contributed by atoms with Crippen molar-refractivity contribution in [1.82, 2.24) is 9.97 Å². The van der Waals surface area contributed by atoms with Crippen molar-refractivity contribution in [2.75, 3.05) is 18.5 Å². The molecule has 5 nitrogen and oxygen atoms in total. The van der Waals surface area contributed by atoms with Crippen LogP contribution in [-0.4, -0.2) is 35.3 Å². The van der Waals surface area contributed by atoms with Gasteiger partial charge in [-0.2, -0.15) is 0 Å². The lowest BCUT2D eigenvalue weighted by molar-refractivity contribution is 0.0134. The monoisotopic (exact) mass is 265 g/mol. The van der Waals surface area contributed by atoms with Gasteiger partial charge in [-0.3, -0.25) is 0 Å². The van der Waals surface area contributed by atoms with E-state index in [0.29, 0.717) is 12.0 Å². The number of nitrogens with one attached hydrogen (secondary N) is 1. The first kappa shape index (κ1) is 14.1. The Morgan fingerprint density at radius 2 is 2.32 bits per heavy atom. The van der Waals surface area contributed by atoms with E-state index in [0.717, 1.165) is 25.4 Å². The minimum atomic E-state index is 0.124. The molecule has 1 unspecified atom stereocenters. The zero-order valence-electron chi connectivity index (χ0n) is 11.8. The van der Waals surface area contributed by atoms with E-state index in [2.05, 4.69) is 15.3 Å². The maximum atomic E-state index is 5.69. The van der Waals surface area contributed by atoms with Crippen molar-refractivity contribution in [1.29, 1.82) is 0 Å².